The zero-order valence-corrected chi connectivity index (χ0v) is 22.1. The van der Waals surface area contributed by atoms with Gasteiger partial charge in [0, 0.05) is 43.5 Å². The van der Waals surface area contributed by atoms with Crippen LogP contribution >= 0.6 is 11.3 Å². The van der Waals surface area contributed by atoms with E-state index in [1.807, 2.05) is 18.2 Å². The number of hydrogen-bond acceptors (Lipinski definition) is 9. The minimum absolute atomic E-state index is 0.00733. The number of nitrogens with one attached hydrogen (secondary N) is 2. The molecule has 11 heteroatoms. The van der Waals surface area contributed by atoms with Crippen molar-refractivity contribution in [3.05, 3.63) is 53.3 Å². The first-order valence-corrected chi connectivity index (χ1v) is 13.7. The average molecular weight is 537 g/mol. The van der Waals surface area contributed by atoms with Gasteiger partial charge in [0.15, 0.2) is 16.6 Å². The summed E-state index contributed by atoms with van der Waals surface area (Å²) in [5.74, 6) is 1.03. The van der Waals surface area contributed by atoms with Gasteiger partial charge in [-0.15, -0.1) is 11.3 Å². The Morgan fingerprint density at radius 2 is 2.05 bits per heavy atom. The Kier molecular flexibility index (Phi) is 8.04. The SMILES string of the molecule is COc1ccc(C2CC(=O)N(c3nc(C(=O)Nc4cnccc4NCCN)cs3)C2)cc1OC1CCCC1. The number of pyridine rings is 1. The molecule has 2 fully saturated rings. The highest BCUT2D eigenvalue weighted by Gasteiger charge is 2.34. The topological polar surface area (TPSA) is 132 Å². The monoisotopic (exact) mass is 536 g/mol. The summed E-state index contributed by atoms with van der Waals surface area (Å²) < 4.78 is 11.8. The highest BCUT2D eigenvalue weighted by atomic mass is 32.1. The molecule has 0 radical (unpaired) electrons. The number of nitrogens with zero attached hydrogens (tertiary/aromatic N) is 3. The highest BCUT2D eigenvalue weighted by molar-refractivity contribution is 7.14. The molecule has 38 heavy (non-hydrogen) atoms. The Morgan fingerprint density at radius 3 is 2.84 bits per heavy atom. The molecule has 1 aliphatic carbocycles. The molecular formula is C27H32N6O4S. The Hall–Kier alpha value is -3.70. The number of carbonyl (C=O) groups excluding carboxylic acids is 2. The van der Waals surface area contributed by atoms with Crippen molar-refractivity contribution in [1.29, 1.82) is 0 Å². The van der Waals surface area contributed by atoms with Gasteiger partial charge in [0.1, 0.15) is 5.69 Å². The summed E-state index contributed by atoms with van der Waals surface area (Å²) in [5, 5.41) is 8.17. The first kappa shape index (κ1) is 25.9. The van der Waals surface area contributed by atoms with Crippen molar-refractivity contribution in [3.8, 4) is 11.5 Å². The van der Waals surface area contributed by atoms with Gasteiger partial charge in [0.05, 0.1) is 30.8 Å². The second kappa shape index (κ2) is 11.8. The number of carbonyl (C=O) groups is 2. The molecule has 200 valence electrons. The van der Waals surface area contributed by atoms with Crippen LogP contribution in [0.4, 0.5) is 16.5 Å². The predicted octanol–water partition coefficient (Wildman–Crippen LogP) is 4.01. The number of anilines is 3. The number of aromatic nitrogens is 2. The third-order valence-corrected chi connectivity index (χ3v) is 7.73. The molecule has 1 saturated carbocycles. The molecule has 1 aliphatic heterocycles. The van der Waals surface area contributed by atoms with Crippen LogP contribution in [-0.4, -0.2) is 54.6 Å². The fourth-order valence-corrected chi connectivity index (χ4v) is 5.71. The van der Waals surface area contributed by atoms with Crippen LogP contribution in [0.2, 0.25) is 0 Å². The maximum absolute atomic E-state index is 13.0. The number of rotatable bonds is 10. The molecule has 2 aromatic heterocycles. The third kappa shape index (κ3) is 5.73. The van der Waals surface area contributed by atoms with Crippen molar-refractivity contribution in [2.45, 2.75) is 44.1 Å². The van der Waals surface area contributed by atoms with E-state index in [-0.39, 0.29) is 29.5 Å². The lowest BCUT2D eigenvalue weighted by Gasteiger charge is -2.18. The maximum atomic E-state index is 13.0. The molecular weight excluding hydrogens is 504 g/mol. The second-order valence-corrected chi connectivity index (χ2v) is 10.3. The van der Waals surface area contributed by atoms with Crippen LogP contribution in [-0.2, 0) is 4.79 Å². The number of hydrogen-bond donors (Lipinski definition) is 3. The van der Waals surface area contributed by atoms with Crippen LogP contribution in [0, 0.1) is 0 Å². The van der Waals surface area contributed by atoms with Gasteiger partial charge >= 0.3 is 0 Å². The van der Waals surface area contributed by atoms with Gasteiger partial charge in [-0.1, -0.05) is 6.07 Å². The molecule has 2 aliphatic rings. The van der Waals surface area contributed by atoms with Gasteiger partial charge in [0.25, 0.3) is 5.91 Å². The van der Waals surface area contributed by atoms with Gasteiger partial charge in [-0.2, -0.15) is 0 Å². The third-order valence-electron chi connectivity index (χ3n) is 6.86. The van der Waals surface area contributed by atoms with Crippen molar-refractivity contribution < 1.29 is 19.1 Å². The zero-order valence-electron chi connectivity index (χ0n) is 21.3. The Balaban J connectivity index is 1.27. The van der Waals surface area contributed by atoms with E-state index >= 15 is 0 Å². The fraction of sp³-hybridized carbons (Fsp3) is 0.407. The molecule has 3 heterocycles. The zero-order chi connectivity index (χ0) is 26.5. The average Bonchev–Trinajstić information content (AvgIpc) is 3.69. The molecule has 1 aromatic carbocycles. The minimum Gasteiger partial charge on any atom is -0.493 e. The first-order chi connectivity index (χ1) is 18.6. The fourth-order valence-electron chi connectivity index (χ4n) is 4.87. The van der Waals surface area contributed by atoms with Crippen molar-refractivity contribution in [2.24, 2.45) is 5.73 Å². The Bertz CT molecular complexity index is 1290. The molecule has 1 saturated heterocycles. The van der Waals surface area contributed by atoms with Gasteiger partial charge in [-0.3, -0.25) is 19.5 Å². The standard InChI is InChI=1S/C27H32N6O4S/c1-36-23-7-6-17(12-24(23)37-19-4-2-3-5-19)18-13-25(34)33(15-18)27-32-22(16-38-27)26(35)31-21-14-29-10-8-20(21)30-11-9-28/h6-8,10,12,14,16,18-19H,2-5,9,11,13,15,28H2,1H3,(H,29,30)(H,31,35). The molecule has 3 aromatic rings. The van der Waals surface area contributed by atoms with E-state index in [4.69, 9.17) is 15.2 Å². The number of amides is 2. The molecule has 1 atom stereocenters. The molecule has 0 spiro atoms. The lowest BCUT2D eigenvalue weighted by molar-refractivity contribution is -0.117. The summed E-state index contributed by atoms with van der Waals surface area (Å²) in [7, 11) is 1.64. The van der Waals surface area contributed by atoms with E-state index in [9.17, 15) is 9.59 Å². The Morgan fingerprint density at radius 1 is 1.21 bits per heavy atom. The van der Waals surface area contributed by atoms with Crippen molar-refractivity contribution in [2.75, 3.05) is 42.3 Å². The second-order valence-electron chi connectivity index (χ2n) is 9.45. The van der Waals surface area contributed by atoms with Crippen LogP contribution < -0.4 is 30.7 Å². The van der Waals surface area contributed by atoms with Gasteiger partial charge < -0.3 is 25.8 Å². The van der Waals surface area contributed by atoms with Crippen molar-refractivity contribution in [3.63, 3.8) is 0 Å². The molecule has 10 nitrogen and oxygen atoms in total. The number of nitrogens with two attached hydrogens (primary N) is 1. The molecule has 5 rings (SSSR count). The summed E-state index contributed by atoms with van der Waals surface area (Å²) in [4.78, 5) is 36.1. The van der Waals surface area contributed by atoms with Crippen LogP contribution in [0.25, 0.3) is 0 Å². The van der Waals surface area contributed by atoms with Crippen LogP contribution in [0.3, 0.4) is 0 Å². The largest absolute Gasteiger partial charge is 0.493 e. The normalized spacial score (nSPS) is 17.6. The van der Waals surface area contributed by atoms with Crippen LogP contribution in [0.5, 0.6) is 11.5 Å². The lowest BCUT2D eigenvalue weighted by atomic mass is 9.98. The summed E-state index contributed by atoms with van der Waals surface area (Å²) in [6, 6.07) is 7.67. The van der Waals surface area contributed by atoms with Crippen molar-refractivity contribution in [1.82, 2.24) is 9.97 Å². The summed E-state index contributed by atoms with van der Waals surface area (Å²) in [6.45, 7) is 1.51. The number of benzene rings is 1. The maximum Gasteiger partial charge on any atom is 0.275 e. The van der Waals surface area contributed by atoms with E-state index < -0.39 is 0 Å². The predicted molar refractivity (Wildman–Crippen MR) is 147 cm³/mol. The van der Waals surface area contributed by atoms with Crippen LogP contribution in [0.1, 0.15) is 54.1 Å². The van der Waals surface area contributed by atoms with Crippen molar-refractivity contribution >= 4 is 39.7 Å². The van der Waals surface area contributed by atoms with Gasteiger partial charge in [0.2, 0.25) is 5.91 Å². The Labute approximate surface area is 225 Å². The molecule has 4 N–H and O–H groups in total. The number of thiazole rings is 1. The first-order valence-electron chi connectivity index (χ1n) is 12.9. The number of ether oxygens (including phenoxy) is 2. The number of methoxy groups -OCH3 is 1. The molecule has 1 unspecified atom stereocenters. The smallest absolute Gasteiger partial charge is 0.275 e. The highest BCUT2D eigenvalue weighted by Crippen LogP contribution is 2.38. The van der Waals surface area contributed by atoms with Crippen LogP contribution in [0.15, 0.2) is 42.0 Å². The van der Waals surface area contributed by atoms with E-state index in [1.165, 1.54) is 24.2 Å². The summed E-state index contributed by atoms with van der Waals surface area (Å²) in [5.41, 5.74) is 8.10. The van der Waals surface area contributed by atoms with E-state index in [0.29, 0.717) is 42.6 Å². The summed E-state index contributed by atoms with van der Waals surface area (Å²) >= 11 is 1.28. The quantitative estimate of drug-likeness (QED) is 0.354. The van der Waals surface area contributed by atoms with E-state index in [2.05, 4.69) is 20.6 Å². The van der Waals surface area contributed by atoms with Gasteiger partial charge in [-0.25, -0.2) is 4.98 Å². The summed E-state index contributed by atoms with van der Waals surface area (Å²) in [6.07, 6.45) is 8.24. The molecule has 0 bridgehead atoms. The van der Waals surface area contributed by atoms with Gasteiger partial charge in [-0.05, 0) is 49.4 Å². The minimum atomic E-state index is -0.372. The lowest BCUT2D eigenvalue weighted by Crippen LogP contribution is -2.24. The molecule has 2 amide bonds. The van der Waals surface area contributed by atoms with E-state index in [0.717, 1.165) is 29.8 Å². The van der Waals surface area contributed by atoms with E-state index in [1.54, 1.807) is 35.8 Å².